The zero-order valence-electron chi connectivity index (χ0n) is 50.5. The van der Waals surface area contributed by atoms with Gasteiger partial charge >= 0.3 is 0 Å². The summed E-state index contributed by atoms with van der Waals surface area (Å²) in [6.45, 7) is 0. The van der Waals surface area contributed by atoms with Gasteiger partial charge in [-0.15, -0.1) is 0 Å². The van der Waals surface area contributed by atoms with E-state index in [-0.39, 0.29) is 0 Å². The summed E-state index contributed by atoms with van der Waals surface area (Å²) in [5, 5.41) is 7.18. The maximum Gasteiger partial charge on any atom is 0.0742 e. The molecule has 0 amide bonds. The minimum atomic E-state index is -0.772. The highest BCUT2D eigenvalue weighted by molar-refractivity contribution is 6.12. The van der Waals surface area contributed by atoms with Crippen molar-refractivity contribution in [1.82, 2.24) is 4.57 Å². The molecule has 5 nitrogen and oxygen atoms in total. The van der Waals surface area contributed by atoms with Crippen molar-refractivity contribution in [2.45, 2.75) is 5.41 Å². The van der Waals surface area contributed by atoms with Crippen LogP contribution in [-0.4, -0.2) is 4.57 Å². The first-order valence-corrected chi connectivity index (χ1v) is 31.6. The Hall–Kier alpha value is -12.2. The summed E-state index contributed by atoms with van der Waals surface area (Å²) >= 11 is 0. The number of hydrogen-bond acceptors (Lipinski definition) is 4. The Morgan fingerprint density at radius 3 is 0.957 bits per heavy atom. The minimum Gasteiger partial charge on any atom is -0.311 e. The van der Waals surface area contributed by atoms with Crippen LogP contribution in [0.5, 0.6) is 0 Å². The van der Waals surface area contributed by atoms with E-state index in [1.807, 2.05) is 0 Å². The van der Waals surface area contributed by atoms with Gasteiger partial charge in [0.15, 0.2) is 0 Å². The molecule has 1 aliphatic heterocycles. The number of fused-ring (bicyclic) bond motifs is 7. The number of para-hydroxylation sites is 7. The Morgan fingerprint density at radius 2 is 0.511 bits per heavy atom. The smallest absolute Gasteiger partial charge is 0.0742 e. The van der Waals surface area contributed by atoms with Gasteiger partial charge in [-0.3, -0.25) is 0 Å². The summed E-state index contributed by atoms with van der Waals surface area (Å²) in [5.74, 6) is 0. The van der Waals surface area contributed by atoms with Gasteiger partial charge in [0.1, 0.15) is 0 Å². The van der Waals surface area contributed by atoms with Crippen molar-refractivity contribution in [3.63, 3.8) is 0 Å². The Labute approximate surface area is 536 Å². The molecule has 434 valence electrons. The fraction of sp³-hybridized carbons (Fsp3) is 0.0115. The molecule has 0 fully saturated rings. The van der Waals surface area contributed by atoms with Crippen molar-refractivity contribution < 1.29 is 0 Å². The standard InChI is InChI=1S/C87H61N5/c1-5-28-66(29-6-1)88(67-30-7-2-8-31-67)70-54-58-74(59-55-70)90(82-44-21-26-62-24-13-15-36-76(62)82)72-50-46-64(47-51-72)87(80-40-18-20-43-85(80)92-84-42-19-17-38-78(84)79-39-23-41-81(87)86(79)92)65-48-52-73(53-49-65)91(83-45-22-27-63-25-14-16-37-77(63)83)75-60-56-71(57-61-75)89(68-32-9-3-10-33-68)69-34-11-4-12-35-69/h1-61H. The highest BCUT2D eigenvalue weighted by atomic mass is 15.2. The lowest BCUT2D eigenvalue weighted by molar-refractivity contribution is 0.728. The summed E-state index contributed by atoms with van der Waals surface area (Å²) in [6.07, 6.45) is 0. The third-order valence-electron chi connectivity index (χ3n) is 18.6. The third kappa shape index (κ3) is 9.01. The average molecular weight is 1180 g/mol. The monoisotopic (exact) mass is 1180 g/mol. The van der Waals surface area contributed by atoms with Crippen LogP contribution in [0, 0.1) is 0 Å². The van der Waals surface area contributed by atoms with Crippen LogP contribution >= 0.6 is 0 Å². The summed E-state index contributed by atoms with van der Waals surface area (Å²) in [5.41, 5.74) is 20.5. The lowest BCUT2D eigenvalue weighted by Crippen LogP contribution is -2.35. The van der Waals surface area contributed by atoms with Gasteiger partial charge in [0.2, 0.25) is 0 Å². The average Bonchev–Trinajstić information content (AvgIpc) is 1.46. The van der Waals surface area contributed by atoms with E-state index in [2.05, 4.69) is 394 Å². The molecule has 0 spiro atoms. The maximum atomic E-state index is 2.52. The Morgan fingerprint density at radius 1 is 0.207 bits per heavy atom. The lowest BCUT2D eigenvalue weighted by atomic mass is 9.63. The summed E-state index contributed by atoms with van der Waals surface area (Å²) in [7, 11) is 0. The van der Waals surface area contributed by atoms with E-state index >= 15 is 0 Å². The molecule has 17 rings (SSSR count). The zero-order valence-corrected chi connectivity index (χ0v) is 50.5. The molecule has 0 N–H and O–H groups in total. The van der Waals surface area contributed by atoms with Crippen LogP contribution < -0.4 is 19.6 Å². The molecular weight excluding hydrogens is 1110 g/mol. The first kappa shape index (κ1) is 54.0. The number of aromatic nitrogens is 1. The number of nitrogens with zero attached hydrogens (tertiary/aromatic N) is 5. The van der Waals surface area contributed by atoms with E-state index in [0.29, 0.717) is 0 Å². The minimum absolute atomic E-state index is 0.772. The van der Waals surface area contributed by atoms with Crippen LogP contribution in [0.2, 0.25) is 0 Å². The quantitative estimate of drug-likeness (QED) is 0.108. The van der Waals surface area contributed by atoms with Crippen LogP contribution in [0.1, 0.15) is 22.3 Å². The molecule has 1 aromatic heterocycles. The molecule has 0 saturated carbocycles. The summed E-state index contributed by atoms with van der Waals surface area (Å²) in [4.78, 5) is 9.49. The molecule has 0 aliphatic carbocycles. The second-order valence-electron chi connectivity index (χ2n) is 23.6. The Bertz CT molecular complexity index is 4980. The van der Waals surface area contributed by atoms with Gasteiger partial charge in [-0.1, -0.05) is 224 Å². The van der Waals surface area contributed by atoms with Crippen molar-refractivity contribution in [2.75, 3.05) is 19.6 Å². The van der Waals surface area contributed by atoms with Gasteiger partial charge in [0.05, 0.1) is 33.5 Å². The molecule has 0 unspecified atom stereocenters. The van der Waals surface area contributed by atoms with Gasteiger partial charge < -0.3 is 24.2 Å². The molecule has 0 saturated heterocycles. The lowest BCUT2D eigenvalue weighted by Gasteiger charge is -2.42. The highest BCUT2D eigenvalue weighted by Crippen LogP contribution is 2.56. The Kier molecular flexibility index (Phi) is 13.4. The van der Waals surface area contributed by atoms with Gasteiger partial charge in [0, 0.05) is 78.4 Å². The maximum absolute atomic E-state index is 2.52. The fourth-order valence-corrected chi connectivity index (χ4v) is 14.6. The molecule has 0 radical (unpaired) electrons. The number of hydrogen-bond donors (Lipinski definition) is 0. The predicted molar refractivity (Wildman–Crippen MR) is 386 cm³/mol. The van der Waals surface area contributed by atoms with Crippen LogP contribution in [0.25, 0.3) is 49.0 Å². The highest BCUT2D eigenvalue weighted by Gasteiger charge is 2.45. The fourth-order valence-electron chi connectivity index (χ4n) is 14.6. The second kappa shape index (κ2) is 22.8. The molecule has 15 aromatic carbocycles. The number of rotatable bonds is 14. The third-order valence-corrected chi connectivity index (χ3v) is 18.6. The van der Waals surface area contributed by atoms with E-state index in [1.165, 1.54) is 71.3 Å². The number of benzene rings is 15. The largest absolute Gasteiger partial charge is 0.311 e. The van der Waals surface area contributed by atoms with Crippen LogP contribution in [0.4, 0.5) is 68.2 Å². The van der Waals surface area contributed by atoms with E-state index in [0.717, 1.165) is 68.2 Å². The van der Waals surface area contributed by atoms with Crippen molar-refractivity contribution in [3.8, 4) is 5.69 Å². The molecule has 5 heteroatoms. The molecule has 16 aromatic rings. The SMILES string of the molecule is c1ccc(N(c2ccccc2)c2ccc(N(c3ccc(C4(c5ccc(N(c6ccc(N(c7ccccc7)c7ccccc7)cc6)c6cccc7ccccc67)cc5)c5ccccc5-n5c6ccccc6c6cccc4c65)cc3)c3cccc4ccccc34)cc2)cc1. The zero-order chi connectivity index (χ0) is 61.0. The van der Waals surface area contributed by atoms with Gasteiger partial charge in [-0.2, -0.15) is 0 Å². The molecular formula is C87H61N5. The predicted octanol–water partition coefficient (Wildman–Crippen LogP) is 23.7. The van der Waals surface area contributed by atoms with Crippen LogP contribution in [-0.2, 0) is 5.41 Å². The van der Waals surface area contributed by atoms with Gasteiger partial charge in [-0.25, -0.2) is 0 Å². The topological polar surface area (TPSA) is 17.9 Å². The first-order valence-electron chi connectivity index (χ1n) is 31.6. The number of anilines is 12. The van der Waals surface area contributed by atoms with Crippen molar-refractivity contribution in [2.24, 2.45) is 0 Å². The molecule has 2 heterocycles. The molecule has 0 bridgehead atoms. The summed E-state index contributed by atoms with van der Waals surface area (Å²) in [6, 6.07) is 135. The van der Waals surface area contributed by atoms with E-state index in [9.17, 15) is 0 Å². The molecule has 0 atom stereocenters. The Balaban J connectivity index is 0.843. The molecule has 1 aliphatic rings. The van der Waals surface area contributed by atoms with E-state index < -0.39 is 5.41 Å². The van der Waals surface area contributed by atoms with Crippen molar-refractivity contribution in [3.05, 3.63) is 392 Å². The van der Waals surface area contributed by atoms with Crippen molar-refractivity contribution in [1.29, 1.82) is 0 Å². The second-order valence-corrected chi connectivity index (χ2v) is 23.6. The van der Waals surface area contributed by atoms with Gasteiger partial charge in [0.25, 0.3) is 0 Å². The van der Waals surface area contributed by atoms with Crippen LogP contribution in [0.15, 0.2) is 370 Å². The van der Waals surface area contributed by atoms with Gasteiger partial charge in [-0.05, 0) is 179 Å². The normalized spacial score (nSPS) is 12.2. The van der Waals surface area contributed by atoms with Crippen molar-refractivity contribution >= 4 is 112 Å². The van der Waals surface area contributed by atoms with E-state index in [1.54, 1.807) is 0 Å². The summed E-state index contributed by atoms with van der Waals surface area (Å²) < 4.78 is 2.52. The van der Waals surface area contributed by atoms with E-state index in [4.69, 9.17) is 0 Å². The first-order chi connectivity index (χ1) is 45.7. The van der Waals surface area contributed by atoms with Crippen LogP contribution in [0.3, 0.4) is 0 Å². The molecule has 92 heavy (non-hydrogen) atoms.